The summed E-state index contributed by atoms with van der Waals surface area (Å²) in [6.45, 7) is 3.95. The van der Waals surface area contributed by atoms with E-state index in [-0.39, 0.29) is 17.6 Å². The quantitative estimate of drug-likeness (QED) is 0.701. The standard InChI is InChI=1S/C19H19F2N7O/c1-10-16-17(27(3)11(2)18(29)25-16)26-19(24-10)22-7-12-8-23-28(9-12)15-5-4-13(20)6-14(15)21/h4-6,8-9,11H,7H2,1-3H3,(H,25,29)(H,22,24,26)/t11-/m0/s1. The van der Waals surface area contributed by atoms with Crippen molar-refractivity contribution in [2.24, 2.45) is 0 Å². The van der Waals surface area contributed by atoms with Gasteiger partial charge in [-0.25, -0.2) is 18.4 Å². The molecule has 1 aliphatic heterocycles. The second kappa shape index (κ2) is 7.12. The number of carbonyl (C=O) groups excluding carboxylic acids is 1. The summed E-state index contributed by atoms with van der Waals surface area (Å²) in [4.78, 5) is 22.7. The summed E-state index contributed by atoms with van der Waals surface area (Å²) in [6, 6.07) is 2.98. The van der Waals surface area contributed by atoms with E-state index in [4.69, 9.17) is 0 Å². The van der Waals surface area contributed by atoms with E-state index in [9.17, 15) is 13.6 Å². The first kappa shape index (κ1) is 18.8. The Morgan fingerprint density at radius 2 is 2.07 bits per heavy atom. The molecule has 150 valence electrons. The van der Waals surface area contributed by atoms with Crippen LogP contribution >= 0.6 is 0 Å². The largest absolute Gasteiger partial charge is 0.350 e. The minimum absolute atomic E-state index is 0.104. The van der Waals surface area contributed by atoms with Crippen molar-refractivity contribution in [3.05, 3.63) is 53.5 Å². The molecule has 2 aromatic heterocycles. The molecule has 1 amide bonds. The van der Waals surface area contributed by atoms with Gasteiger partial charge in [0.2, 0.25) is 11.9 Å². The number of aryl methyl sites for hydroxylation is 1. The van der Waals surface area contributed by atoms with E-state index in [1.165, 1.54) is 16.8 Å². The number of halogens is 2. The molecule has 1 aromatic carbocycles. The molecule has 0 spiro atoms. The highest BCUT2D eigenvalue weighted by atomic mass is 19.1. The van der Waals surface area contributed by atoms with Crippen LogP contribution in [0, 0.1) is 18.6 Å². The van der Waals surface area contributed by atoms with Gasteiger partial charge in [0, 0.05) is 31.4 Å². The molecule has 0 radical (unpaired) electrons. The number of benzene rings is 1. The third-order valence-electron chi connectivity index (χ3n) is 4.86. The Hall–Kier alpha value is -3.56. The number of likely N-dealkylation sites (N-methyl/N-ethyl adjacent to an activating group) is 1. The van der Waals surface area contributed by atoms with Gasteiger partial charge in [-0.15, -0.1) is 0 Å². The molecular formula is C19H19F2N7O. The summed E-state index contributed by atoms with van der Waals surface area (Å²) in [5, 5.41) is 10.1. The average Bonchev–Trinajstić information content (AvgIpc) is 3.14. The van der Waals surface area contributed by atoms with Crippen molar-refractivity contribution < 1.29 is 13.6 Å². The molecule has 1 atom stereocenters. The van der Waals surface area contributed by atoms with Crippen LogP contribution in [0.5, 0.6) is 0 Å². The maximum Gasteiger partial charge on any atom is 0.246 e. The van der Waals surface area contributed by atoms with Crippen LogP contribution in [0.1, 0.15) is 18.2 Å². The SMILES string of the molecule is Cc1nc(NCc2cnn(-c3ccc(F)cc3F)c2)nc2c1NC(=O)[C@H](C)N2C. The van der Waals surface area contributed by atoms with Crippen LogP contribution in [0.25, 0.3) is 5.69 Å². The Bertz CT molecular complexity index is 1100. The third-order valence-corrected chi connectivity index (χ3v) is 4.86. The lowest BCUT2D eigenvalue weighted by molar-refractivity contribution is -0.117. The predicted molar refractivity (Wildman–Crippen MR) is 104 cm³/mol. The third kappa shape index (κ3) is 3.48. The van der Waals surface area contributed by atoms with Gasteiger partial charge in [0.25, 0.3) is 0 Å². The van der Waals surface area contributed by atoms with Crippen molar-refractivity contribution in [1.29, 1.82) is 0 Å². The number of carbonyl (C=O) groups is 1. The van der Waals surface area contributed by atoms with Gasteiger partial charge in [0.1, 0.15) is 23.2 Å². The van der Waals surface area contributed by atoms with E-state index in [0.29, 0.717) is 29.7 Å². The highest BCUT2D eigenvalue weighted by molar-refractivity contribution is 6.03. The van der Waals surface area contributed by atoms with Gasteiger partial charge >= 0.3 is 0 Å². The van der Waals surface area contributed by atoms with Gasteiger partial charge in [0.05, 0.1) is 11.9 Å². The monoisotopic (exact) mass is 399 g/mol. The molecule has 0 bridgehead atoms. The number of nitrogens with zero attached hydrogens (tertiary/aromatic N) is 5. The molecule has 0 aliphatic carbocycles. The van der Waals surface area contributed by atoms with Gasteiger partial charge in [0.15, 0.2) is 11.6 Å². The van der Waals surface area contributed by atoms with Crippen molar-refractivity contribution in [3.63, 3.8) is 0 Å². The fourth-order valence-electron chi connectivity index (χ4n) is 3.06. The van der Waals surface area contributed by atoms with E-state index in [1.54, 1.807) is 38.2 Å². The molecule has 3 aromatic rings. The predicted octanol–water partition coefficient (Wildman–Crippen LogP) is 2.64. The molecule has 10 heteroatoms. The van der Waals surface area contributed by atoms with Crippen LogP contribution < -0.4 is 15.5 Å². The molecule has 8 nitrogen and oxygen atoms in total. The Morgan fingerprint density at radius 3 is 2.83 bits per heavy atom. The summed E-state index contributed by atoms with van der Waals surface area (Å²) >= 11 is 0. The fraction of sp³-hybridized carbons (Fsp3) is 0.263. The second-order valence-corrected chi connectivity index (χ2v) is 6.85. The Balaban J connectivity index is 1.52. The maximum atomic E-state index is 13.9. The zero-order chi connectivity index (χ0) is 20.7. The number of nitrogens with one attached hydrogen (secondary N) is 2. The fourth-order valence-corrected chi connectivity index (χ4v) is 3.06. The van der Waals surface area contributed by atoms with Crippen LogP contribution in [0.2, 0.25) is 0 Å². The first-order valence-corrected chi connectivity index (χ1v) is 8.98. The first-order chi connectivity index (χ1) is 13.8. The molecular weight excluding hydrogens is 380 g/mol. The molecule has 0 unspecified atom stereocenters. The van der Waals surface area contributed by atoms with Gasteiger partial charge < -0.3 is 15.5 Å². The average molecular weight is 399 g/mol. The molecule has 3 heterocycles. The number of anilines is 3. The normalized spacial score (nSPS) is 15.8. The summed E-state index contributed by atoms with van der Waals surface area (Å²) in [6.07, 6.45) is 3.22. The minimum atomic E-state index is -0.694. The Labute approximate surface area is 165 Å². The van der Waals surface area contributed by atoms with Crippen molar-refractivity contribution in [2.45, 2.75) is 26.4 Å². The molecule has 4 rings (SSSR count). The van der Waals surface area contributed by atoms with Crippen molar-refractivity contribution in [2.75, 3.05) is 22.6 Å². The Kier molecular flexibility index (Phi) is 4.61. The number of amides is 1. The van der Waals surface area contributed by atoms with Crippen molar-refractivity contribution in [3.8, 4) is 5.69 Å². The zero-order valence-corrected chi connectivity index (χ0v) is 16.1. The molecule has 0 saturated carbocycles. The first-order valence-electron chi connectivity index (χ1n) is 8.98. The van der Waals surface area contributed by atoms with Gasteiger partial charge in [-0.3, -0.25) is 4.79 Å². The highest BCUT2D eigenvalue weighted by Gasteiger charge is 2.30. The maximum absolute atomic E-state index is 13.9. The molecule has 0 fully saturated rings. The molecule has 0 saturated heterocycles. The summed E-state index contributed by atoms with van der Waals surface area (Å²) in [5.74, 6) is -0.405. The molecule has 1 aliphatic rings. The van der Waals surface area contributed by atoms with Crippen LogP contribution in [0.3, 0.4) is 0 Å². The number of hydrogen-bond acceptors (Lipinski definition) is 6. The minimum Gasteiger partial charge on any atom is -0.350 e. The Morgan fingerprint density at radius 1 is 1.28 bits per heavy atom. The summed E-state index contributed by atoms with van der Waals surface area (Å²) in [7, 11) is 1.81. The lowest BCUT2D eigenvalue weighted by Gasteiger charge is -2.32. The van der Waals surface area contributed by atoms with Crippen molar-refractivity contribution >= 4 is 23.4 Å². The highest BCUT2D eigenvalue weighted by Crippen LogP contribution is 2.32. The van der Waals surface area contributed by atoms with Gasteiger partial charge in [-0.1, -0.05) is 0 Å². The second-order valence-electron chi connectivity index (χ2n) is 6.85. The number of aromatic nitrogens is 4. The van der Waals surface area contributed by atoms with Crippen LogP contribution in [-0.2, 0) is 11.3 Å². The summed E-state index contributed by atoms with van der Waals surface area (Å²) < 4.78 is 28.4. The number of fused-ring (bicyclic) bond motifs is 1. The topological polar surface area (TPSA) is 88.0 Å². The number of hydrogen-bond donors (Lipinski definition) is 2. The number of rotatable bonds is 4. The van der Waals surface area contributed by atoms with Crippen LogP contribution in [0.15, 0.2) is 30.6 Å². The van der Waals surface area contributed by atoms with E-state index in [2.05, 4.69) is 25.7 Å². The summed E-state index contributed by atoms with van der Waals surface area (Å²) in [5.41, 5.74) is 2.17. The lowest BCUT2D eigenvalue weighted by Crippen LogP contribution is -2.44. The van der Waals surface area contributed by atoms with E-state index < -0.39 is 11.6 Å². The van der Waals surface area contributed by atoms with E-state index in [0.717, 1.165) is 11.6 Å². The van der Waals surface area contributed by atoms with Gasteiger partial charge in [-0.05, 0) is 26.0 Å². The van der Waals surface area contributed by atoms with Crippen LogP contribution in [0.4, 0.5) is 26.2 Å². The molecule has 29 heavy (non-hydrogen) atoms. The molecule has 2 N–H and O–H groups in total. The van der Waals surface area contributed by atoms with E-state index >= 15 is 0 Å². The smallest absolute Gasteiger partial charge is 0.246 e. The zero-order valence-electron chi connectivity index (χ0n) is 16.1. The van der Waals surface area contributed by atoms with Crippen LogP contribution in [-0.4, -0.2) is 38.7 Å². The van der Waals surface area contributed by atoms with E-state index in [1.807, 2.05) is 0 Å². The lowest BCUT2D eigenvalue weighted by atomic mass is 10.2. The van der Waals surface area contributed by atoms with Crippen molar-refractivity contribution in [1.82, 2.24) is 19.7 Å². The van der Waals surface area contributed by atoms with Gasteiger partial charge in [-0.2, -0.15) is 10.1 Å².